The van der Waals surface area contributed by atoms with Crippen LogP contribution in [0.4, 0.5) is 28.4 Å². The maximum atomic E-state index is 7.50. The highest BCUT2D eigenvalue weighted by atomic mass is 15.3. The lowest BCUT2D eigenvalue weighted by Crippen LogP contribution is -2.54. The van der Waals surface area contributed by atoms with Gasteiger partial charge in [-0.3, -0.25) is 0 Å². The van der Waals surface area contributed by atoms with Crippen LogP contribution in [0, 0.1) is 0 Å². The first kappa shape index (κ1) is 29.3. The van der Waals surface area contributed by atoms with Crippen LogP contribution in [-0.2, 0) is 5.54 Å². The fraction of sp³-hybridized carbons (Fsp3) is 0.0455. The fourth-order valence-corrected chi connectivity index (χ4v) is 6.96. The summed E-state index contributed by atoms with van der Waals surface area (Å²) in [6.45, 7) is 0. The summed E-state index contributed by atoms with van der Waals surface area (Å²) in [4.78, 5) is 4.60. The SMILES string of the molecule is Nc1ccc(C2(N(c3ccccc3)c3ccc4ccccc4c3)C=CC(N)(N(c3ccccc3)c3ccc4ccccc4c3)C=C2)cc1. The number of fused-ring (bicyclic) bond motifs is 2. The van der Waals surface area contributed by atoms with Gasteiger partial charge in [0.25, 0.3) is 0 Å². The molecule has 48 heavy (non-hydrogen) atoms. The van der Waals surface area contributed by atoms with E-state index in [1.54, 1.807) is 0 Å². The monoisotopic (exact) mass is 620 g/mol. The van der Waals surface area contributed by atoms with E-state index in [4.69, 9.17) is 11.5 Å². The zero-order chi connectivity index (χ0) is 32.6. The fourth-order valence-electron chi connectivity index (χ4n) is 6.96. The quantitative estimate of drug-likeness (QED) is 0.106. The second-order valence-corrected chi connectivity index (χ2v) is 12.4. The Morgan fingerprint density at radius 2 is 0.812 bits per heavy atom. The van der Waals surface area contributed by atoms with E-state index in [1.165, 1.54) is 16.2 Å². The maximum absolute atomic E-state index is 7.50. The summed E-state index contributed by atoms with van der Waals surface area (Å²) in [5, 5.41) is 4.71. The molecule has 1 aliphatic rings. The van der Waals surface area contributed by atoms with E-state index in [9.17, 15) is 0 Å². The highest BCUT2D eigenvalue weighted by Crippen LogP contribution is 2.46. The van der Waals surface area contributed by atoms with E-state index in [0.29, 0.717) is 0 Å². The number of nitrogen functional groups attached to an aromatic ring is 1. The van der Waals surface area contributed by atoms with Gasteiger partial charge in [0.05, 0.1) is 0 Å². The molecule has 0 amide bonds. The van der Waals surface area contributed by atoms with Crippen LogP contribution in [0.15, 0.2) is 194 Å². The van der Waals surface area contributed by atoms with Gasteiger partial charge in [-0.05, 0) is 99.9 Å². The zero-order valence-corrected chi connectivity index (χ0v) is 26.5. The van der Waals surface area contributed by atoms with Crippen molar-refractivity contribution in [1.29, 1.82) is 0 Å². The van der Waals surface area contributed by atoms with E-state index in [1.807, 2.05) is 18.2 Å². The Morgan fingerprint density at radius 1 is 0.375 bits per heavy atom. The third-order valence-electron chi connectivity index (χ3n) is 9.35. The van der Waals surface area contributed by atoms with Gasteiger partial charge in [-0.25, -0.2) is 0 Å². The van der Waals surface area contributed by atoms with Gasteiger partial charge in [-0.15, -0.1) is 0 Å². The molecule has 0 aromatic heterocycles. The lowest BCUT2D eigenvalue weighted by Gasteiger charge is -2.47. The summed E-state index contributed by atoms with van der Waals surface area (Å²) in [7, 11) is 0. The van der Waals surface area contributed by atoms with Crippen molar-refractivity contribution in [2.45, 2.75) is 11.2 Å². The van der Waals surface area contributed by atoms with Gasteiger partial charge in [0, 0.05) is 28.4 Å². The van der Waals surface area contributed by atoms with Crippen molar-refractivity contribution in [1.82, 2.24) is 0 Å². The number of benzene rings is 7. The molecule has 0 atom stereocenters. The molecule has 0 saturated carbocycles. The molecule has 0 radical (unpaired) electrons. The molecule has 4 heteroatoms. The van der Waals surface area contributed by atoms with Crippen molar-refractivity contribution in [2.75, 3.05) is 15.5 Å². The Bertz CT molecular complexity index is 2260. The van der Waals surface area contributed by atoms with Crippen molar-refractivity contribution < 1.29 is 0 Å². The van der Waals surface area contributed by atoms with Gasteiger partial charge in [-0.2, -0.15) is 0 Å². The van der Waals surface area contributed by atoms with E-state index in [0.717, 1.165) is 39.4 Å². The predicted molar refractivity (Wildman–Crippen MR) is 203 cm³/mol. The molecule has 0 unspecified atom stereocenters. The Balaban J connectivity index is 1.33. The zero-order valence-electron chi connectivity index (χ0n) is 26.5. The molecule has 0 heterocycles. The summed E-state index contributed by atoms with van der Waals surface area (Å²) in [6, 6.07) is 59.1. The molecule has 4 nitrogen and oxygen atoms in total. The Kier molecular flexibility index (Phi) is 7.28. The Morgan fingerprint density at radius 3 is 1.33 bits per heavy atom. The third-order valence-corrected chi connectivity index (χ3v) is 9.35. The van der Waals surface area contributed by atoms with Gasteiger partial charge >= 0.3 is 0 Å². The lowest BCUT2D eigenvalue weighted by molar-refractivity contribution is 0.594. The maximum Gasteiger partial charge on any atom is 0.131 e. The Hall–Kier alpha value is -6.10. The first-order valence-corrected chi connectivity index (χ1v) is 16.3. The van der Waals surface area contributed by atoms with Crippen LogP contribution >= 0.6 is 0 Å². The van der Waals surface area contributed by atoms with Crippen LogP contribution in [0.3, 0.4) is 0 Å². The minimum Gasteiger partial charge on any atom is -0.399 e. The third kappa shape index (κ3) is 5.19. The highest BCUT2D eigenvalue weighted by molar-refractivity contribution is 5.89. The molecule has 8 rings (SSSR count). The number of anilines is 5. The van der Waals surface area contributed by atoms with Crippen molar-refractivity contribution in [3.63, 3.8) is 0 Å². The summed E-state index contributed by atoms with van der Waals surface area (Å²) in [5.74, 6) is 0. The molecule has 0 fully saturated rings. The van der Waals surface area contributed by atoms with E-state index >= 15 is 0 Å². The molecule has 0 bridgehead atoms. The van der Waals surface area contributed by atoms with Crippen LogP contribution in [0.5, 0.6) is 0 Å². The van der Waals surface area contributed by atoms with Crippen LogP contribution < -0.4 is 21.3 Å². The predicted octanol–water partition coefficient (Wildman–Crippen LogP) is 10.2. The molecule has 1 aliphatic carbocycles. The number of nitrogens with two attached hydrogens (primary N) is 2. The average Bonchev–Trinajstić information content (AvgIpc) is 3.14. The van der Waals surface area contributed by atoms with Crippen LogP contribution in [0.2, 0.25) is 0 Å². The van der Waals surface area contributed by atoms with E-state index in [-0.39, 0.29) is 0 Å². The van der Waals surface area contributed by atoms with Gasteiger partial charge in [0.15, 0.2) is 0 Å². The largest absolute Gasteiger partial charge is 0.399 e. The number of hydrogen-bond acceptors (Lipinski definition) is 4. The van der Waals surface area contributed by atoms with Crippen molar-refractivity contribution in [3.8, 4) is 0 Å². The number of rotatable bonds is 7. The van der Waals surface area contributed by atoms with Gasteiger partial charge in [-0.1, -0.05) is 121 Å². The van der Waals surface area contributed by atoms with E-state index < -0.39 is 11.2 Å². The first-order chi connectivity index (χ1) is 23.5. The summed E-state index contributed by atoms with van der Waals surface area (Å²) < 4.78 is 0. The summed E-state index contributed by atoms with van der Waals surface area (Å²) in [5.41, 5.74) is 17.9. The number of hydrogen-bond donors (Lipinski definition) is 2. The molecular formula is C44H36N4. The molecule has 0 aliphatic heterocycles. The molecule has 0 saturated heterocycles. The standard InChI is InChI=1S/C44H36N4/c45-38-23-21-37(22-24-38)43(47(39-15-3-1-4-16-39)41-25-19-33-11-7-9-13-35(33)31-41)27-29-44(46,30-28-43)48(40-17-5-2-6-18-40)42-26-20-34-12-8-10-14-36(34)32-42/h1-32H,45-46H2. The van der Waals surface area contributed by atoms with E-state index in [2.05, 4.69) is 186 Å². The summed E-state index contributed by atoms with van der Waals surface area (Å²) in [6.07, 6.45) is 8.78. The van der Waals surface area contributed by atoms with Crippen molar-refractivity contribution in [2.24, 2.45) is 5.73 Å². The van der Waals surface area contributed by atoms with Gasteiger partial charge < -0.3 is 21.3 Å². The second-order valence-electron chi connectivity index (χ2n) is 12.4. The highest BCUT2D eigenvalue weighted by Gasteiger charge is 2.42. The van der Waals surface area contributed by atoms with Crippen molar-refractivity contribution >= 4 is 50.0 Å². The normalized spacial score (nSPS) is 18.6. The van der Waals surface area contributed by atoms with Gasteiger partial charge in [0.1, 0.15) is 11.2 Å². The topological polar surface area (TPSA) is 58.5 Å². The lowest BCUT2D eigenvalue weighted by atomic mass is 9.80. The second kappa shape index (κ2) is 11.9. The minimum absolute atomic E-state index is 0.717. The molecule has 4 N–H and O–H groups in total. The van der Waals surface area contributed by atoms with Crippen LogP contribution in [0.1, 0.15) is 5.56 Å². The molecular weight excluding hydrogens is 585 g/mol. The molecule has 232 valence electrons. The van der Waals surface area contributed by atoms with Gasteiger partial charge in [0.2, 0.25) is 0 Å². The average molecular weight is 621 g/mol. The summed E-state index contributed by atoms with van der Waals surface area (Å²) >= 11 is 0. The first-order valence-electron chi connectivity index (χ1n) is 16.3. The van der Waals surface area contributed by atoms with Crippen molar-refractivity contribution in [3.05, 3.63) is 200 Å². The smallest absolute Gasteiger partial charge is 0.131 e. The Labute approximate surface area is 281 Å². The van der Waals surface area contributed by atoms with Crippen LogP contribution in [0.25, 0.3) is 21.5 Å². The van der Waals surface area contributed by atoms with Crippen LogP contribution in [-0.4, -0.2) is 5.66 Å². The molecule has 7 aromatic carbocycles. The number of nitrogens with zero attached hydrogens (tertiary/aromatic N) is 2. The minimum atomic E-state index is -0.979. The molecule has 0 spiro atoms. The number of para-hydroxylation sites is 2. The molecule has 7 aromatic rings.